The highest BCUT2D eigenvalue weighted by Crippen LogP contribution is 2.13. The zero-order chi connectivity index (χ0) is 17.0. The Hall–Kier alpha value is -1.73. The van der Waals surface area contributed by atoms with Gasteiger partial charge < -0.3 is 16.0 Å². The fraction of sp³-hybridized carbons (Fsp3) is 0.500. The quantitative estimate of drug-likeness (QED) is 0.718. The predicted octanol–water partition coefficient (Wildman–Crippen LogP) is 1.48. The molecule has 24 heavy (non-hydrogen) atoms. The van der Waals surface area contributed by atoms with Gasteiger partial charge in [0.1, 0.15) is 23.2 Å². The molecule has 3 N–H and O–H groups in total. The third kappa shape index (κ3) is 4.88. The summed E-state index contributed by atoms with van der Waals surface area (Å²) in [6.07, 6.45) is 0. The number of rotatable bonds is 6. The number of hydrogen-bond acceptors (Lipinski definition) is 3. The Labute approximate surface area is 146 Å². The van der Waals surface area contributed by atoms with Gasteiger partial charge >= 0.3 is 0 Å². The molecule has 134 valence electrons. The third-order valence-corrected chi connectivity index (χ3v) is 3.86. The first-order chi connectivity index (χ1) is 10.9. The summed E-state index contributed by atoms with van der Waals surface area (Å²) in [5.41, 5.74) is -0.672. The molecular weight excluding hydrogens is 340 g/mol. The van der Waals surface area contributed by atoms with E-state index in [1.54, 1.807) is 13.8 Å². The molecule has 1 atom stereocenters. The van der Waals surface area contributed by atoms with E-state index in [4.69, 9.17) is 0 Å². The molecule has 1 aromatic rings. The summed E-state index contributed by atoms with van der Waals surface area (Å²) in [7, 11) is 0. The summed E-state index contributed by atoms with van der Waals surface area (Å²) in [5, 5.41) is 8.30. The maximum Gasteiger partial charge on any atom is 0.257 e. The van der Waals surface area contributed by atoms with Crippen LogP contribution in [0, 0.1) is 23.5 Å². The highest BCUT2D eigenvalue weighted by Gasteiger charge is 2.28. The SMILES string of the molecule is CC(C)C(NC(=O)c1c(F)cccc1F)C(=O)NCC1CNC1.Cl. The maximum atomic E-state index is 13.7. The summed E-state index contributed by atoms with van der Waals surface area (Å²) in [5.74, 6) is -3.02. The molecule has 2 rings (SSSR count). The molecular formula is C16H22ClF2N3O2. The molecule has 0 radical (unpaired) electrons. The number of carbonyl (C=O) groups is 2. The summed E-state index contributed by atoms with van der Waals surface area (Å²) in [4.78, 5) is 24.4. The standard InChI is InChI=1S/C16H21F2N3O2.ClH/c1-9(2)14(16(23)20-8-10-6-19-7-10)21-15(22)13-11(17)4-3-5-12(13)18;/h3-5,9-10,14,19H,6-8H2,1-2H3,(H,20,23)(H,21,22);1H. The molecule has 0 aliphatic carbocycles. The van der Waals surface area contributed by atoms with E-state index >= 15 is 0 Å². The van der Waals surface area contributed by atoms with Crippen LogP contribution in [0.5, 0.6) is 0 Å². The summed E-state index contributed by atoms with van der Waals surface area (Å²) >= 11 is 0. The van der Waals surface area contributed by atoms with Crippen molar-refractivity contribution in [2.75, 3.05) is 19.6 Å². The van der Waals surface area contributed by atoms with Gasteiger partial charge in [-0.2, -0.15) is 0 Å². The molecule has 0 bridgehead atoms. The Morgan fingerprint density at radius 1 is 1.25 bits per heavy atom. The van der Waals surface area contributed by atoms with Crippen LogP contribution in [0.2, 0.25) is 0 Å². The van der Waals surface area contributed by atoms with Crippen molar-refractivity contribution in [3.05, 3.63) is 35.4 Å². The van der Waals surface area contributed by atoms with E-state index < -0.39 is 29.1 Å². The van der Waals surface area contributed by atoms with Crippen LogP contribution in [-0.4, -0.2) is 37.5 Å². The van der Waals surface area contributed by atoms with E-state index in [0.717, 1.165) is 25.2 Å². The highest BCUT2D eigenvalue weighted by molar-refractivity contribution is 5.98. The van der Waals surface area contributed by atoms with Crippen molar-refractivity contribution in [1.29, 1.82) is 0 Å². The fourth-order valence-electron chi connectivity index (χ4n) is 2.31. The molecule has 1 fully saturated rings. The van der Waals surface area contributed by atoms with Gasteiger partial charge in [0.2, 0.25) is 5.91 Å². The lowest BCUT2D eigenvalue weighted by Crippen LogP contribution is -2.54. The minimum Gasteiger partial charge on any atom is -0.354 e. The van der Waals surface area contributed by atoms with Crippen LogP contribution in [0.3, 0.4) is 0 Å². The lowest BCUT2D eigenvalue weighted by atomic mass is 10.0. The zero-order valence-electron chi connectivity index (χ0n) is 13.6. The van der Waals surface area contributed by atoms with E-state index in [1.807, 2.05) is 0 Å². The topological polar surface area (TPSA) is 70.2 Å². The molecule has 1 aliphatic heterocycles. The Kier molecular flexibility index (Phi) is 7.57. The first-order valence-corrected chi connectivity index (χ1v) is 7.63. The summed E-state index contributed by atoms with van der Waals surface area (Å²) < 4.78 is 27.3. The first kappa shape index (κ1) is 20.3. The number of amides is 2. The Morgan fingerprint density at radius 2 is 1.83 bits per heavy atom. The van der Waals surface area contributed by atoms with E-state index in [-0.39, 0.29) is 24.2 Å². The number of hydrogen-bond donors (Lipinski definition) is 3. The lowest BCUT2D eigenvalue weighted by Gasteiger charge is -2.29. The first-order valence-electron chi connectivity index (χ1n) is 7.63. The monoisotopic (exact) mass is 361 g/mol. The van der Waals surface area contributed by atoms with Crippen molar-refractivity contribution in [3.63, 3.8) is 0 Å². The Balaban J connectivity index is 0.00000288. The molecule has 0 spiro atoms. The van der Waals surface area contributed by atoms with Gasteiger partial charge in [0, 0.05) is 25.6 Å². The molecule has 0 saturated carbocycles. The van der Waals surface area contributed by atoms with Gasteiger partial charge in [-0.25, -0.2) is 8.78 Å². The van der Waals surface area contributed by atoms with Crippen molar-refractivity contribution in [1.82, 2.24) is 16.0 Å². The second kappa shape index (κ2) is 8.94. The number of benzene rings is 1. The number of halogens is 3. The second-order valence-electron chi connectivity index (χ2n) is 6.06. The molecule has 5 nitrogen and oxygen atoms in total. The van der Waals surface area contributed by atoms with Gasteiger partial charge in [0.25, 0.3) is 5.91 Å². The Morgan fingerprint density at radius 3 is 2.29 bits per heavy atom. The summed E-state index contributed by atoms with van der Waals surface area (Å²) in [6, 6.07) is 2.34. The van der Waals surface area contributed by atoms with Crippen molar-refractivity contribution in [2.24, 2.45) is 11.8 Å². The minimum atomic E-state index is -0.953. The molecule has 0 aromatic heterocycles. The number of nitrogens with one attached hydrogen (secondary N) is 3. The average molecular weight is 362 g/mol. The molecule has 1 aliphatic rings. The normalized spacial score (nSPS) is 15.2. The second-order valence-corrected chi connectivity index (χ2v) is 6.06. The van der Waals surface area contributed by atoms with Crippen LogP contribution in [0.1, 0.15) is 24.2 Å². The zero-order valence-corrected chi connectivity index (χ0v) is 14.4. The highest BCUT2D eigenvalue weighted by atomic mass is 35.5. The van der Waals surface area contributed by atoms with E-state index in [1.165, 1.54) is 6.07 Å². The van der Waals surface area contributed by atoms with Gasteiger partial charge in [-0.1, -0.05) is 19.9 Å². The van der Waals surface area contributed by atoms with Crippen LogP contribution >= 0.6 is 12.4 Å². The van der Waals surface area contributed by atoms with Gasteiger partial charge in [0.05, 0.1) is 0 Å². The lowest BCUT2D eigenvalue weighted by molar-refractivity contribution is -0.124. The van der Waals surface area contributed by atoms with Crippen LogP contribution in [0.15, 0.2) is 18.2 Å². The van der Waals surface area contributed by atoms with Gasteiger partial charge in [-0.15, -0.1) is 12.4 Å². The molecule has 8 heteroatoms. The molecule has 2 amide bonds. The largest absolute Gasteiger partial charge is 0.354 e. The minimum absolute atomic E-state index is 0. The van der Waals surface area contributed by atoms with Crippen LogP contribution in [0.4, 0.5) is 8.78 Å². The molecule has 1 heterocycles. The summed E-state index contributed by atoms with van der Waals surface area (Å²) in [6.45, 7) is 5.72. The van der Waals surface area contributed by atoms with Crippen molar-refractivity contribution >= 4 is 24.2 Å². The van der Waals surface area contributed by atoms with Crippen molar-refractivity contribution in [2.45, 2.75) is 19.9 Å². The smallest absolute Gasteiger partial charge is 0.257 e. The van der Waals surface area contributed by atoms with Crippen LogP contribution in [0.25, 0.3) is 0 Å². The maximum absolute atomic E-state index is 13.7. The average Bonchev–Trinajstić information content (AvgIpc) is 2.42. The third-order valence-electron chi connectivity index (χ3n) is 3.86. The van der Waals surface area contributed by atoms with Crippen molar-refractivity contribution in [3.8, 4) is 0 Å². The Bertz CT molecular complexity index is 574. The van der Waals surface area contributed by atoms with Gasteiger partial charge in [-0.05, 0) is 18.1 Å². The van der Waals surface area contributed by atoms with Crippen molar-refractivity contribution < 1.29 is 18.4 Å². The predicted molar refractivity (Wildman–Crippen MR) is 89.1 cm³/mol. The van der Waals surface area contributed by atoms with Crippen LogP contribution in [-0.2, 0) is 4.79 Å². The molecule has 1 saturated heterocycles. The fourth-order valence-corrected chi connectivity index (χ4v) is 2.31. The van der Waals surface area contributed by atoms with Crippen LogP contribution < -0.4 is 16.0 Å². The molecule has 1 aromatic carbocycles. The van der Waals surface area contributed by atoms with E-state index in [0.29, 0.717) is 12.5 Å². The number of carbonyl (C=O) groups excluding carboxylic acids is 2. The van der Waals surface area contributed by atoms with E-state index in [2.05, 4.69) is 16.0 Å². The molecule has 1 unspecified atom stereocenters. The van der Waals surface area contributed by atoms with Gasteiger partial charge in [-0.3, -0.25) is 9.59 Å². The van der Waals surface area contributed by atoms with Gasteiger partial charge in [0.15, 0.2) is 0 Å². The van der Waals surface area contributed by atoms with E-state index in [9.17, 15) is 18.4 Å².